The molecule has 2 aromatic carbocycles. The number of hydrogen-bond acceptors (Lipinski definition) is 8. The number of benzene rings is 2. The SMILES string of the molecule is CN1CCN(CCn2ncc3c2CCc2c-3sc3ncnc(Nc4ccc5c(cnn5Cc5cccc(F)c5)c4)c23)CC1. The summed E-state index contributed by atoms with van der Waals surface area (Å²) in [5.74, 6) is 0.582. The van der Waals surface area contributed by atoms with E-state index in [1.807, 2.05) is 35.3 Å². The Labute approximate surface area is 252 Å². The number of fused-ring (bicyclic) bond motifs is 6. The number of piperazine rings is 1. The average molecular weight is 594 g/mol. The maximum atomic E-state index is 13.7. The molecule has 0 saturated carbocycles. The molecular formula is C32H32FN9S. The van der Waals surface area contributed by atoms with Crippen molar-refractivity contribution < 1.29 is 4.39 Å². The third kappa shape index (κ3) is 4.97. The van der Waals surface area contributed by atoms with Crippen molar-refractivity contribution in [2.45, 2.75) is 25.9 Å². The lowest BCUT2D eigenvalue weighted by Gasteiger charge is -2.32. The van der Waals surface area contributed by atoms with E-state index < -0.39 is 0 Å². The first kappa shape index (κ1) is 26.4. The fraction of sp³-hybridized carbons (Fsp3) is 0.312. The summed E-state index contributed by atoms with van der Waals surface area (Å²) in [7, 11) is 2.20. The Morgan fingerprint density at radius 3 is 2.70 bits per heavy atom. The molecule has 1 N–H and O–H groups in total. The molecule has 9 nitrogen and oxygen atoms in total. The molecule has 11 heteroatoms. The highest BCUT2D eigenvalue weighted by Gasteiger charge is 2.27. The van der Waals surface area contributed by atoms with E-state index in [9.17, 15) is 4.39 Å². The number of hydrogen-bond donors (Lipinski definition) is 1. The summed E-state index contributed by atoms with van der Waals surface area (Å²) in [6, 6.07) is 12.8. The molecule has 4 aromatic heterocycles. The topological polar surface area (TPSA) is 79.9 Å². The Bertz CT molecular complexity index is 1950. The number of likely N-dealkylation sites (N-methyl/N-ethyl adjacent to an activating group) is 1. The van der Waals surface area contributed by atoms with Crippen molar-refractivity contribution in [1.29, 1.82) is 0 Å². The zero-order chi connectivity index (χ0) is 28.9. The highest BCUT2D eigenvalue weighted by Crippen LogP contribution is 2.45. The summed E-state index contributed by atoms with van der Waals surface area (Å²) in [6.45, 7) is 6.98. The Hall–Kier alpha value is -4.19. The van der Waals surface area contributed by atoms with Gasteiger partial charge >= 0.3 is 0 Å². The molecule has 1 aliphatic heterocycles. The lowest BCUT2D eigenvalue weighted by atomic mass is 9.95. The highest BCUT2D eigenvalue weighted by molar-refractivity contribution is 7.22. The number of rotatable bonds is 7. The second-order valence-corrected chi connectivity index (χ2v) is 12.5. The first-order chi connectivity index (χ1) is 21.1. The Balaban J connectivity index is 1.05. The smallest absolute Gasteiger partial charge is 0.142 e. The van der Waals surface area contributed by atoms with Gasteiger partial charge in [0.25, 0.3) is 0 Å². The van der Waals surface area contributed by atoms with E-state index in [1.54, 1.807) is 29.8 Å². The number of halogens is 1. The number of aryl methyl sites for hydroxylation is 1. The number of anilines is 2. The maximum Gasteiger partial charge on any atom is 0.142 e. The molecule has 2 aliphatic rings. The molecule has 0 amide bonds. The molecule has 0 atom stereocenters. The molecule has 1 aliphatic carbocycles. The van der Waals surface area contributed by atoms with Gasteiger partial charge in [-0.1, -0.05) is 12.1 Å². The monoisotopic (exact) mass is 593 g/mol. The van der Waals surface area contributed by atoms with E-state index in [0.29, 0.717) is 6.54 Å². The fourth-order valence-electron chi connectivity index (χ4n) is 6.39. The molecule has 6 aromatic rings. The van der Waals surface area contributed by atoms with Crippen LogP contribution < -0.4 is 5.32 Å². The van der Waals surface area contributed by atoms with Crippen molar-refractivity contribution in [2.75, 3.05) is 45.1 Å². The van der Waals surface area contributed by atoms with Crippen LogP contribution in [0, 0.1) is 5.82 Å². The van der Waals surface area contributed by atoms with E-state index >= 15 is 0 Å². The minimum Gasteiger partial charge on any atom is -0.340 e. The normalized spacial score (nSPS) is 15.7. The average Bonchev–Trinajstić information content (AvgIpc) is 3.72. The molecule has 218 valence electrons. The molecule has 0 spiro atoms. The van der Waals surface area contributed by atoms with Crippen LogP contribution in [0.25, 0.3) is 31.6 Å². The molecular weight excluding hydrogens is 561 g/mol. The maximum absolute atomic E-state index is 13.7. The Kier molecular flexibility index (Phi) is 6.65. The van der Waals surface area contributed by atoms with Crippen LogP contribution in [0.2, 0.25) is 0 Å². The van der Waals surface area contributed by atoms with Crippen molar-refractivity contribution in [3.63, 3.8) is 0 Å². The van der Waals surface area contributed by atoms with E-state index in [-0.39, 0.29) is 5.82 Å². The van der Waals surface area contributed by atoms with Crippen LogP contribution in [-0.2, 0) is 25.9 Å². The van der Waals surface area contributed by atoms with Crippen LogP contribution >= 0.6 is 11.3 Å². The first-order valence-electron chi connectivity index (χ1n) is 14.8. The van der Waals surface area contributed by atoms with Gasteiger partial charge in [-0.2, -0.15) is 10.2 Å². The fourth-order valence-corrected chi connectivity index (χ4v) is 7.61. The first-order valence-corrected chi connectivity index (χ1v) is 15.6. The molecule has 8 rings (SSSR count). The molecule has 0 bridgehead atoms. The number of nitrogens with one attached hydrogen (secondary N) is 1. The highest BCUT2D eigenvalue weighted by atomic mass is 32.1. The largest absolute Gasteiger partial charge is 0.340 e. The third-order valence-corrected chi connectivity index (χ3v) is 9.92. The molecule has 1 fully saturated rings. The summed E-state index contributed by atoms with van der Waals surface area (Å²) in [6.07, 6.45) is 7.44. The van der Waals surface area contributed by atoms with Crippen molar-refractivity contribution in [3.8, 4) is 10.4 Å². The van der Waals surface area contributed by atoms with Gasteiger partial charge in [-0.15, -0.1) is 11.3 Å². The van der Waals surface area contributed by atoms with Crippen molar-refractivity contribution in [3.05, 3.63) is 83.8 Å². The van der Waals surface area contributed by atoms with E-state index in [0.717, 1.165) is 90.3 Å². The van der Waals surface area contributed by atoms with Crippen LogP contribution in [0.1, 0.15) is 16.8 Å². The molecule has 1 saturated heterocycles. The van der Waals surface area contributed by atoms with Crippen LogP contribution in [0.3, 0.4) is 0 Å². The summed E-state index contributed by atoms with van der Waals surface area (Å²) >= 11 is 1.73. The number of aromatic nitrogens is 6. The van der Waals surface area contributed by atoms with Gasteiger partial charge in [0.15, 0.2) is 0 Å². The minimum atomic E-state index is -0.237. The second kappa shape index (κ2) is 10.8. The second-order valence-electron chi connectivity index (χ2n) is 11.5. The van der Waals surface area contributed by atoms with Crippen molar-refractivity contribution >= 4 is 44.0 Å². The van der Waals surface area contributed by atoms with E-state index in [1.165, 1.54) is 27.8 Å². The molecule has 0 radical (unpaired) electrons. The van der Waals surface area contributed by atoms with Crippen LogP contribution in [-0.4, -0.2) is 79.1 Å². The van der Waals surface area contributed by atoms with Gasteiger partial charge in [-0.3, -0.25) is 14.3 Å². The van der Waals surface area contributed by atoms with Gasteiger partial charge in [0.1, 0.15) is 22.8 Å². The van der Waals surface area contributed by atoms with Gasteiger partial charge in [0, 0.05) is 59.9 Å². The Morgan fingerprint density at radius 1 is 0.930 bits per heavy atom. The van der Waals surface area contributed by atoms with Gasteiger partial charge in [0.05, 0.1) is 36.4 Å². The van der Waals surface area contributed by atoms with Crippen LogP contribution in [0.15, 0.2) is 61.2 Å². The minimum absolute atomic E-state index is 0.237. The third-order valence-electron chi connectivity index (χ3n) is 8.74. The standard InChI is InChI=1S/C32H32FN9S/c1-39-9-11-40(12-10-39)13-14-41-28-8-6-25-29-31(34-20-35-32(29)43-30(25)26(28)18-37-41)38-24-5-7-27-22(16-24)17-36-42(27)19-21-3-2-4-23(33)15-21/h2-5,7,15-18,20H,6,8-14,19H2,1H3,(H,34,35,38). The molecule has 43 heavy (non-hydrogen) atoms. The summed E-state index contributed by atoms with van der Waals surface area (Å²) in [5, 5.41) is 15.1. The van der Waals surface area contributed by atoms with Crippen LogP contribution in [0.5, 0.6) is 0 Å². The summed E-state index contributed by atoms with van der Waals surface area (Å²) in [5.41, 5.74) is 6.68. The van der Waals surface area contributed by atoms with Gasteiger partial charge in [0.2, 0.25) is 0 Å². The lowest BCUT2D eigenvalue weighted by Crippen LogP contribution is -2.45. The van der Waals surface area contributed by atoms with Gasteiger partial charge in [-0.25, -0.2) is 14.4 Å². The zero-order valence-electron chi connectivity index (χ0n) is 24.0. The molecule has 5 heterocycles. The number of nitrogens with zero attached hydrogens (tertiary/aromatic N) is 8. The predicted octanol–water partition coefficient (Wildman–Crippen LogP) is 5.18. The molecule has 0 unspecified atom stereocenters. The lowest BCUT2D eigenvalue weighted by molar-refractivity contribution is 0.148. The quantitative estimate of drug-likeness (QED) is 0.273. The van der Waals surface area contributed by atoms with E-state index in [2.05, 4.69) is 48.0 Å². The summed E-state index contributed by atoms with van der Waals surface area (Å²) < 4.78 is 17.8. The predicted molar refractivity (Wildman–Crippen MR) is 168 cm³/mol. The van der Waals surface area contributed by atoms with Gasteiger partial charge < -0.3 is 10.2 Å². The van der Waals surface area contributed by atoms with Crippen molar-refractivity contribution in [2.24, 2.45) is 0 Å². The summed E-state index contributed by atoms with van der Waals surface area (Å²) in [4.78, 5) is 16.5. The van der Waals surface area contributed by atoms with Crippen molar-refractivity contribution in [1.82, 2.24) is 39.3 Å². The number of thiophene rings is 1. The van der Waals surface area contributed by atoms with E-state index in [4.69, 9.17) is 5.10 Å². The Morgan fingerprint density at radius 2 is 1.81 bits per heavy atom. The van der Waals surface area contributed by atoms with Gasteiger partial charge in [-0.05, 0) is 61.3 Å². The van der Waals surface area contributed by atoms with Crippen LogP contribution in [0.4, 0.5) is 15.9 Å². The zero-order valence-corrected chi connectivity index (χ0v) is 24.8.